The van der Waals surface area contributed by atoms with Crippen LogP contribution in [0.5, 0.6) is 11.5 Å². The highest BCUT2D eigenvalue weighted by Gasteiger charge is 2.40. The van der Waals surface area contributed by atoms with E-state index in [0.29, 0.717) is 0 Å². The highest BCUT2D eigenvalue weighted by Crippen LogP contribution is 2.36. The minimum Gasteiger partial charge on any atom is -0.493 e. The molecule has 4 nitrogen and oxygen atoms in total. The van der Waals surface area contributed by atoms with Crippen LogP contribution in [-0.4, -0.2) is 37.7 Å². The van der Waals surface area contributed by atoms with Gasteiger partial charge >= 0.3 is 0 Å². The van der Waals surface area contributed by atoms with Crippen LogP contribution >= 0.6 is 0 Å². The van der Waals surface area contributed by atoms with E-state index in [2.05, 4.69) is 17.0 Å². The predicted molar refractivity (Wildman–Crippen MR) is 74.7 cm³/mol. The van der Waals surface area contributed by atoms with Crippen molar-refractivity contribution in [1.29, 1.82) is 0 Å². The standard InChI is InChI=1S/C15H22N2O2/c1-18-13-7-11-3-6-17(10-15(16)4-5-15)9-12(11)8-14(13)19-2/h7-8H,3-6,9-10,16H2,1-2H3. The van der Waals surface area contributed by atoms with Gasteiger partial charge in [0.2, 0.25) is 0 Å². The number of fused-ring (bicyclic) bond motifs is 1. The Morgan fingerprint density at radius 1 is 1.16 bits per heavy atom. The van der Waals surface area contributed by atoms with E-state index in [-0.39, 0.29) is 5.54 Å². The van der Waals surface area contributed by atoms with Gasteiger partial charge in [0.1, 0.15) is 0 Å². The van der Waals surface area contributed by atoms with Gasteiger partial charge < -0.3 is 15.2 Å². The Balaban J connectivity index is 1.79. The first-order valence-corrected chi connectivity index (χ1v) is 6.88. The number of ether oxygens (including phenoxy) is 2. The molecule has 0 bridgehead atoms. The van der Waals surface area contributed by atoms with Gasteiger partial charge in [-0.15, -0.1) is 0 Å². The fourth-order valence-corrected chi connectivity index (χ4v) is 2.84. The minimum absolute atomic E-state index is 0.0913. The van der Waals surface area contributed by atoms with Gasteiger partial charge in [-0.1, -0.05) is 0 Å². The summed E-state index contributed by atoms with van der Waals surface area (Å²) in [5, 5.41) is 0. The Labute approximate surface area is 114 Å². The van der Waals surface area contributed by atoms with Gasteiger partial charge in [0, 0.05) is 25.2 Å². The molecule has 0 unspecified atom stereocenters. The van der Waals surface area contributed by atoms with Crippen LogP contribution in [0.1, 0.15) is 24.0 Å². The van der Waals surface area contributed by atoms with E-state index < -0.39 is 0 Å². The van der Waals surface area contributed by atoms with Crippen molar-refractivity contribution in [3.05, 3.63) is 23.3 Å². The number of benzene rings is 1. The van der Waals surface area contributed by atoms with Gasteiger partial charge in [-0.3, -0.25) is 4.90 Å². The maximum absolute atomic E-state index is 6.21. The van der Waals surface area contributed by atoms with Crippen molar-refractivity contribution >= 4 is 0 Å². The lowest BCUT2D eigenvalue weighted by molar-refractivity contribution is 0.231. The third-order valence-electron chi connectivity index (χ3n) is 4.23. The molecule has 3 rings (SSSR count). The Hall–Kier alpha value is -1.26. The maximum atomic E-state index is 6.21. The molecule has 1 saturated carbocycles. The van der Waals surface area contributed by atoms with Gasteiger partial charge in [-0.25, -0.2) is 0 Å². The number of nitrogens with two attached hydrogens (primary N) is 1. The second-order valence-electron chi connectivity index (χ2n) is 5.80. The van der Waals surface area contributed by atoms with E-state index in [9.17, 15) is 0 Å². The molecule has 1 aromatic carbocycles. The van der Waals surface area contributed by atoms with Crippen molar-refractivity contribution in [3.63, 3.8) is 0 Å². The first kappa shape index (κ1) is 12.8. The van der Waals surface area contributed by atoms with Gasteiger partial charge in [-0.05, 0) is 42.5 Å². The zero-order valence-corrected chi connectivity index (χ0v) is 11.7. The quantitative estimate of drug-likeness (QED) is 0.894. The SMILES string of the molecule is COc1cc2c(cc1OC)CN(CC1(N)CC1)CC2. The van der Waals surface area contributed by atoms with Gasteiger partial charge in [-0.2, -0.15) is 0 Å². The van der Waals surface area contributed by atoms with Gasteiger partial charge in [0.25, 0.3) is 0 Å². The van der Waals surface area contributed by atoms with Crippen LogP contribution < -0.4 is 15.2 Å². The van der Waals surface area contributed by atoms with Gasteiger partial charge in [0.15, 0.2) is 11.5 Å². The second kappa shape index (κ2) is 4.69. The second-order valence-corrected chi connectivity index (χ2v) is 5.80. The van der Waals surface area contributed by atoms with E-state index in [1.54, 1.807) is 14.2 Å². The Kier molecular flexibility index (Phi) is 3.15. The van der Waals surface area contributed by atoms with Crippen molar-refractivity contribution < 1.29 is 9.47 Å². The zero-order chi connectivity index (χ0) is 13.5. The molecule has 0 aromatic heterocycles. The fourth-order valence-electron chi connectivity index (χ4n) is 2.84. The molecule has 0 atom stereocenters. The largest absolute Gasteiger partial charge is 0.493 e. The number of hydrogen-bond acceptors (Lipinski definition) is 4. The summed E-state index contributed by atoms with van der Waals surface area (Å²) in [6, 6.07) is 4.22. The van der Waals surface area contributed by atoms with Crippen molar-refractivity contribution in [2.24, 2.45) is 5.73 Å². The molecule has 1 heterocycles. The molecule has 0 amide bonds. The molecule has 2 N–H and O–H groups in total. The van der Waals surface area contributed by atoms with E-state index in [0.717, 1.165) is 37.6 Å². The number of nitrogens with zero attached hydrogens (tertiary/aromatic N) is 1. The molecule has 1 aromatic rings. The molecule has 0 saturated heterocycles. The normalized spacial score (nSPS) is 20.8. The summed E-state index contributed by atoms with van der Waals surface area (Å²) in [5.74, 6) is 1.64. The lowest BCUT2D eigenvalue weighted by Gasteiger charge is -2.31. The third-order valence-corrected chi connectivity index (χ3v) is 4.23. The third kappa shape index (κ3) is 2.55. The van der Waals surface area contributed by atoms with Crippen LogP contribution in [0.2, 0.25) is 0 Å². The van der Waals surface area contributed by atoms with Crippen LogP contribution in [0.4, 0.5) is 0 Å². The van der Waals surface area contributed by atoms with Crippen LogP contribution in [0.25, 0.3) is 0 Å². The average Bonchev–Trinajstić information content (AvgIpc) is 3.14. The Morgan fingerprint density at radius 3 is 2.37 bits per heavy atom. The summed E-state index contributed by atoms with van der Waals surface area (Å²) < 4.78 is 10.7. The first-order chi connectivity index (χ1) is 9.13. The van der Waals surface area contributed by atoms with Crippen LogP contribution in [0, 0.1) is 0 Å². The van der Waals surface area contributed by atoms with Crippen LogP contribution in [0.3, 0.4) is 0 Å². The van der Waals surface area contributed by atoms with Gasteiger partial charge in [0.05, 0.1) is 14.2 Å². The smallest absolute Gasteiger partial charge is 0.161 e. The summed E-state index contributed by atoms with van der Waals surface area (Å²) in [7, 11) is 3.37. The molecule has 1 aliphatic carbocycles. The molecular formula is C15H22N2O2. The Morgan fingerprint density at radius 2 is 1.79 bits per heavy atom. The lowest BCUT2D eigenvalue weighted by Crippen LogP contribution is -2.41. The Bertz CT molecular complexity index is 483. The number of rotatable bonds is 4. The minimum atomic E-state index is 0.0913. The average molecular weight is 262 g/mol. The van der Waals surface area contributed by atoms with Crippen LogP contribution in [0.15, 0.2) is 12.1 Å². The summed E-state index contributed by atoms with van der Waals surface area (Å²) >= 11 is 0. The summed E-state index contributed by atoms with van der Waals surface area (Å²) in [5.41, 5.74) is 9.02. The molecule has 2 aliphatic rings. The van der Waals surface area contributed by atoms with E-state index in [1.807, 2.05) is 0 Å². The van der Waals surface area contributed by atoms with Crippen molar-refractivity contribution in [1.82, 2.24) is 4.90 Å². The maximum Gasteiger partial charge on any atom is 0.161 e. The number of methoxy groups -OCH3 is 2. The molecular weight excluding hydrogens is 240 g/mol. The molecule has 0 radical (unpaired) electrons. The molecule has 104 valence electrons. The zero-order valence-electron chi connectivity index (χ0n) is 11.7. The van der Waals surface area contributed by atoms with Crippen molar-refractivity contribution in [2.75, 3.05) is 27.3 Å². The molecule has 1 aliphatic heterocycles. The molecule has 0 spiro atoms. The fraction of sp³-hybridized carbons (Fsp3) is 0.600. The summed E-state index contributed by atoms with van der Waals surface area (Å²) in [4.78, 5) is 2.46. The predicted octanol–water partition coefficient (Wildman–Crippen LogP) is 1.55. The van der Waals surface area contributed by atoms with Crippen LogP contribution in [-0.2, 0) is 13.0 Å². The highest BCUT2D eigenvalue weighted by molar-refractivity contribution is 5.48. The number of hydrogen-bond donors (Lipinski definition) is 1. The monoisotopic (exact) mass is 262 g/mol. The summed E-state index contributed by atoms with van der Waals surface area (Å²) in [6.07, 6.45) is 3.40. The van der Waals surface area contributed by atoms with Crippen molar-refractivity contribution in [2.45, 2.75) is 31.3 Å². The van der Waals surface area contributed by atoms with E-state index in [4.69, 9.17) is 15.2 Å². The van der Waals surface area contributed by atoms with E-state index in [1.165, 1.54) is 24.0 Å². The first-order valence-electron chi connectivity index (χ1n) is 6.88. The summed E-state index contributed by atoms with van der Waals surface area (Å²) in [6.45, 7) is 3.07. The highest BCUT2D eigenvalue weighted by atomic mass is 16.5. The lowest BCUT2D eigenvalue weighted by atomic mass is 9.98. The topological polar surface area (TPSA) is 47.7 Å². The van der Waals surface area contributed by atoms with Crippen molar-refractivity contribution in [3.8, 4) is 11.5 Å². The molecule has 4 heteroatoms. The molecule has 1 fully saturated rings. The molecule has 19 heavy (non-hydrogen) atoms. The van der Waals surface area contributed by atoms with E-state index >= 15 is 0 Å².